The van der Waals surface area contributed by atoms with Crippen LogP contribution < -0.4 is 16.8 Å². The molecule has 0 heterocycles. The first-order chi connectivity index (χ1) is 5.07. The number of nitrogens with one attached hydrogen (secondary N) is 1. The molecule has 0 aromatic rings. The maximum Gasteiger partial charge on any atom is 0.237 e. The smallest absolute Gasteiger partial charge is 0.237 e. The average molecular weight is 159 g/mol. The molecule has 0 bridgehead atoms. The molecular weight excluding hydrogens is 146 g/mol. The summed E-state index contributed by atoms with van der Waals surface area (Å²) >= 11 is 0. The summed E-state index contributed by atoms with van der Waals surface area (Å²) in [7, 11) is 0. The second kappa shape index (κ2) is 4.68. The maximum absolute atomic E-state index is 10.8. The van der Waals surface area contributed by atoms with Crippen molar-refractivity contribution in [1.29, 1.82) is 0 Å². The van der Waals surface area contributed by atoms with Gasteiger partial charge in [0.05, 0.1) is 12.5 Å². The first kappa shape index (κ1) is 9.90. The summed E-state index contributed by atoms with van der Waals surface area (Å²) in [6.45, 7) is 2.28. The van der Waals surface area contributed by atoms with E-state index in [0.717, 1.165) is 0 Å². The zero-order valence-corrected chi connectivity index (χ0v) is 6.46. The van der Waals surface area contributed by atoms with Gasteiger partial charge in [0.25, 0.3) is 0 Å². The molecule has 0 saturated heterocycles. The zero-order chi connectivity index (χ0) is 8.85. The molecule has 1 atom stereocenters. The van der Waals surface area contributed by atoms with Crippen molar-refractivity contribution in [2.45, 2.75) is 19.4 Å². The third-order valence-electron chi connectivity index (χ3n) is 1.11. The van der Waals surface area contributed by atoms with Crippen molar-refractivity contribution in [1.82, 2.24) is 5.32 Å². The van der Waals surface area contributed by atoms with E-state index in [1.54, 1.807) is 6.92 Å². The molecule has 0 rings (SSSR count). The minimum absolute atomic E-state index is 0.105. The van der Waals surface area contributed by atoms with Gasteiger partial charge in [0.15, 0.2) is 0 Å². The van der Waals surface area contributed by atoms with Crippen LogP contribution in [0.25, 0.3) is 0 Å². The Morgan fingerprint density at radius 3 is 2.45 bits per heavy atom. The lowest BCUT2D eigenvalue weighted by atomic mass is 10.2. The lowest BCUT2D eigenvalue weighted by molar-refractivity contribution is -0.126. The highest BCUT2D eigenvalue weighted by Crippen LogP contribution is 1.85. The molecule has 0 aromatic heterocycles. The predicted molar refractivity (Wildman–Crippen MR) is 40.5 cm³/mol. The molecule has 2 amide bonds. The van der Waals surface area contributed by atoms with E-state index < -0.39 is 11.9 Å². The van der Waals surface area contributed by atoms with Crippen molar-refractivity contribution in [2.75, 3.05) is 6.54 Å². The molecule has 0 fully saturated rings. The number of hydrogen-bond donors (Lipinski definition) is 3. The number of hydrogen-bond acceptors (Lipinski definition) is 3. The minimum atomic E-state index is -0.813. The molecule has 1 unspecified atom stereocenters. The number of amides is 2. The molecular formula is C6H13N3O2. The lowest BCUT2D eigenvalue weighted by Crippen LogP contribution is -2.42. The van der Waals surface area contributed by atoms with Crippen molar-refractivity contribution < 1.29 is 9.59 Å². The maximum atomic E-state index is 10.8. The van der Waals surface area contributed by atoms with Crippen LogP contribution >= 0.6 is 0 Å². The van der Waals surface area contributed by atoms with Crippen LogP contribution in [-0.4, -0.2) is 24.4 Å². The van der Waals surface area contributed by atoms with Crippen LogP contribution in [0.2, 0.25) is 0 Å². The highest BCUT2D eigenvalue weighted by atomic mass is 16.2. The van der Waals surface area contributed by atoms with Crippen molar-refractivity contribution in [3.05, 3.63) is 0 Å². The Balaban J connectivity index is 3.73. The van der Waals surface area contributed by atoms with Gasteiger partial charge < -0.3 is 16.8 Å². The Hall–Kier alpha value is -1.10. The van der Waals surface area contributed by atoms with Crippen LogP contribution in [0, 0.1) is 0 Å². The van der Waals surface area contributed by atoms with Gasteiger partial charge in [-0.2, -0.15) is 0 Å². The third-order valence-corrected chi connectivity index (χ3v) is 1.11. The number of likely N-dealkylation sites (N-methyl/N-ethyl adjacent to an activating group) is 1. The highest BCUT2D eigenvalue weighted by molar-refractivity contribution is 5.87. The minimum Gasteiger partial charge on any atom is -0.370 e. The van der Waals surface area contributed by atoms with Gasteiger partial charge in [-0.1, -0.05) is 0 Å². The quantitative estimate of drug-likeness (QED) is 0.457. The molecule has 5 heteroatoms. The monoisotopic (exact) mass is 159 g/mol. The van der Waals surface area contributed by atoms with Crippen molar-refractivity contribution in [3.8, 4) is 0 Å². The van der Waals surface area contributed by atoms with Gasteiger partial charge in [-0.15, -0.1) is 0 Å². The van der Waals surface area contributed by atoms with Crippen molar-refractivity contribution in [2.24, 2.45) is 11.5 Å². The van der Waals surface area contributed by atoms with Crippen LogP contribution in [0.3, 0.4) is 0 Å². The van der Waals surface area contributed by atoms with E-state index in [4.69, 9.17) is 11.5 Å². The second-order valence-electron chi connectivity index (χ2n) is 2.17. The van der Waals surface area contributed by atoms with Crippen molar-refractivity contribution >= 4 is 11.8 Å². The van der Waals surface area contributed by atoms with Crippen LogP contribution in [0.5, 0.6) is 0 Å². The fourth-order valence-corrected chi connectivity index (χ4v) is 0.615. The Morgan fingerprint density at radius 2 is 2.09 bits per heavy atom. The summed E-state index contributed by atoms with van der Waals surface area (Å²) in [4.78, 5) is 21.1. The fourth-order valence-electron chi connectivity index (χ4n) is 0.615. The lowest BCUT2D eigenvalue weighted by Gasteiger charge is -2.07. The van der Waals surface area contributed by atoms with Gasteiger partial charge in [-0.05, 0) is 6.92 Å². The average Bonchev–Trinajstić information content (AvgIpc) is 1.86. The number of primary amides is 1. The predicted octanol–water partition coefficient (Wildman–Crippen LogP) is -1.67. The summed E-state index contributed by atoms with van der Waals surface area (Å²) in [5, 5.41) is 2.48. The van der Waals surface area contributed by atoms with Gasteiger partial charge in [0.2, 0.25) is 11.8 Å². The summed E-state index contributed by atoms with van der Waals surface area (Å²) in [5.41, 5.74) is 10.1. The molecule has 5 N–H and O–H groups in total. The number of nitrogens with two attached hydrogens (primary N) is 2. The van der Waals surface area contributed by atoms with E-state index >= 15 is 0 Å². The molecule has 0 aromatic carbocycles. The standard InChI is InChI=1S/C6H13N3O2/c1-2-9-6(11)4(7)3-5(8)10/h4H,2-3,7H2,1H3,(H2,8,10)(H,9,11). The van der Waals surface area contributed by atoms with Gasteiger partial charge in [0, 0.05) is 6.54 Å². The fraction of sp³-hybridized carbons (Fsp3) is 0.667. The first-order valence-electron chi connectivity index (χ1n) is 3.39. The summed E-state index contributed by atoms with van der Waals surface area (Å²) < 4.78 is 0. The van der Waals surface area contributed by atoms with Gasteiger partial charge in [-0.3, -0.25) is 9.59 Å². The summed E-state index contributed by atoms with van der Waals surface area (Å²) in [6, 6.07) is -0.813. The Kier molecular flexibility index (Phi) is 4.21. The largest absolute Gasteiger partial charge is 0.370 e. The van der Waals surface area contributed by atoms with E-state index in [-0.39, 0.29) is 12.3 Å². The SMILES string of the molecule is CCNC(=O)C(N)CC(N)=O. The van der Waals surface area contributed by atoms with Crippen LogP contribution in [0.15, 0.2) is 0 Å². The molecule has 0 radical (unpaired) electrons. The Morgan fingerprint density at radius 1 is 1.55 bits per heavy atom. The van der Waals surface area contributed by atoms with E-state index in [0.29, 0.717) is 6.54 Å². The van der Waals surface area contributed by atoms with Crippen LogP contribution in [0.4, 0.5) is 0 Å². The van der Waals surface area contributed by atoms with Crippen LogP contribution in [0.1, 0.15) is 13.3 Å². The molecule has 0 aliphatic heterocycles. The number of rotatable bonds is 4. The Labute approximate surface area is 65.1 Å². The molecule has 0 spiro atoms. The van der Waals surface area contributed by atoms with E-state index in [2.05, 4.69) is 5.32 Å². The number of carbonyl (C=O) groups excluding carboxylic acids is 2. The third kappa shape index (κ3) is 4.32. The van der Waals surface area contributed by atoms with Gasteiger partial charge in [0.1, 0.15) is 0 Å². The van der Waals surface area contributed by atoms with Crippen LogP contribution in [-0.2, 0) is 9.59 Å². The first-order valence-corrected chi connectivity index (χ1v) is 3.39. The van der Waals surface area contributed by atoms with E-state index in [1.165, 1.54) is 0 Å². The molecule has 5 nitrogen and oxygen atoms in total. The molecule has 0 aliphatic carbocycles. The Bertz CT molecular complexity index is 158. The highest BCUT2D eigenvalue weighted by Gasteiger charge is 2.14. The molecule has 0 aliphatic rings. The molecule has 64 valence electrons. The zero-order valence-electron chi connectivity index (χ0n) is 6.46. The molecule has 0 saturated carbocycles. The molecule has 11 heavy (non-hydrogen) atoms. The topological polar surface area (TPSA) is 98.2 Å². The normalized spacial score (nSPS) is 12.2. The van der Waals surface area contributed by atoms with E-state index in [1.807, 2.05) is 0 Å². The second-order valence-corrected chi connectivity index (χ2v) is 2.17. The van der Waals surface area contributed by atoms with Gasteiger partial charge in [-0.25, -0.2) is 0 Å². The van der Waals surface area contributed by atoms with E-state index in [9.17, 15) is 9.59 Å². The summed E-state index contributed by atoms with van der Waals surface area (Å²) in [5.74, 6) is -0.907. The van der Waals surface area contributed by atoms with Gasteiger partial charge >= 0.3 is 0 Å². The summed E-state index contributed by atoms with van der Waals surface area (Å²) in [6.07, 6.45) is -0.105. The van der Waals surface area contributed by atoms with Crippen molar-refractivity contribution in [3.63, 3.8) is 0 Å². The number of carbonyl (C=O) groups is 2.